The fraction of sp³-hybridized carbons (Fsp3) is 0.308. The lowest BCUT2D eigenvalue weighted by Crippen LogP contribution is -2.43. The SMILES string of the molecule is CCNc1nc(NCCO)nc2oc(-c3ccc(C4(N)CCC4)cc3)c(-c3ccccc3)c12. The zero-order valence-corrected chi connectivity index (χ0v) is 18.8. The molecular weight excluding hydrogens is 414 g/mol. The number of furan rings is 1. The van der Waals surface area contributed by atoms with Crippen molar-refractivity contribution >= 4 is 22.9 Å². The molecule has 0 atom stereocenters. The first-order chi connectivity index (χ1) is 16.1. The lowest BCUT2D eigenvalue weighted by atomic mass is 9.72. The van der Waals surface area contributed by atoms with Gasteiger partial charge in [0.1, 0.15) is 11.6 Å². The zero-order valence-electron chi connectivity index (χ0n) is 18.8. The average molecular weight is 444 g/mol. The average Bonchev–Trinajstić information content (AvgIpc) is 3.22. The van der Waals surface area contributed by atoms with Crippen molar-refractivity contribution in [2.75, 3.05) is 30.3 Å². The standard InChI is InChI=1S/C26H29N5O2/c1-2-28-23-21-20(17-7-4-3-5-8-17)22(33-24(21)31-25(30-23)29-15-16-32)18-9-11-19(12-10-18)26(27)13-6-14-26/h3-5,7-12,32H,2,6,13-16,27H2,1H3,(H2,28,29,30,31). The highest BCUT2D eigenvalue weighted by Crippen LogP contribution is 2.44. The van der Waals surface area contributed by atoms with Crippen molar-refractivity contribution in [3.05, 3.63) is 60.2 Å². The van der Waals surface area contributed by atoms with Gasteiger partial charge in [0.15, 0.2) is 0 Å². The van der Waals surface area contributed by atoms with Crippen LogP contribution in [0.5, 0.6) is 0 Å². The number of hydrogen-bond acceptors (Lipinski definition) is 7. The molecule has 1 fully saturated rings. The van der Waals surface area contributed by atoms with Gasteiger partial charge in [-0.15, -0.1) is 0 Å². The lowest BCUT2D eigenvalue weighted by Gasteiger charge is -2.38. The Hall–Kier alpha value is -3.42. The van der Waals surface area contributed by atoms with E-state index in [1.807, 2.05) is 25.1 Å². The first-order valence-corrected chi connectivity index (χ1v) is 11.5. The Balaban J connectivity index is 1.69. The second-order valence-corrected chi connectivity index (χ2v) is 8.52. The summed E-state index contributed by atoms with van der Waals surface area (Å²) in [4.78, 5) is 9.27. The highest BCUT2D eigenvalue weighted by Gasteiger charge is 2.34. The van der Waals surface area contributed by atoms with E-state index in [1.54, 1.807) is 0 Å². The van der Waals surface area contributed by atoms with Gasteiger partial charge in [-0.05, 0) is 37.3 Å². The fourth-order valence-corrected chi connectivity index (χ4v) is 4.43. The van der Waals surface area contributed by atoms with Gasteiger partial charge in [0.2, 0.25) is 11.7 Å². The van der Waals surface area contributed by atoms with Crippen LogP contribution in [0.3, 0.4) is 0 Å². The second-order valence-electron chi connectivity index (χ2n) is 8.52. The van der Waals surface area contributed by atoms with Crippen LogP contribution in [-0.4, -0.2) is 34.8 Å². The number of fused-ring (bicyclic) bond motifs is 1. The van der Waals surface area contributed by atoms with E-state index in [4.69, 9.17) is 10.2 Å². The topological polar surface area (TPSA) is 109 Å². The third-order valence-electron chi connectivity index (χ3n) is 6.32. The summed E-state index contributed by atoms with van der Waals surface area (Å²) < 4.78 is 6.39. The van der Waals surface area contributed by atoms with Crippen molar-refractivity contribution in [3.8, 4) is 22.5 Å². The van der Waals surface area contributed by atoms with Gasteiger partial charge in [-0.25, -0.2) is 0 Å². The summed E-state index contributed by atoms with van der Waals surface area (Å²) in [5.41, 5.74) is 10.9. The number of anilines is 2. The molecule has 0 amide bonds. The smallest absolute Gasteiger partial charge is 0.234 e. The van der Waals surface area contributed by atoms with Gasteiger partial charge in [-0.3, -0.25) is 0 Å². The number of rotatable bonds is 8. The summed E-state index contributed by atoms with van der Waals surface area (Å²) in [5, 5.41) is 16.4. The number of hydrogen-bond donors (Lipinski definition) is 4. The number of benzene rings is 2. The molecule has 5 rings (SSSR count). The predicted octanol–water partition coefficient (Wildman–Crippen LogP) is 4.73. The van der Waals surface area contributed by atoms with Crippen molar-refractivity contribution in [2.45, 2.75) is 31.7 Å². The summed E-state index contributed by atoms with van der Waals surface area (Å²) in [6.07, 6.45) is 3.23. The molecule has 1 aliphatic carbocycles. The van der Waals surface area contributed by atoms with Gasteiger partial charge in [0, 0.05) is 29.8 Å². The Labute approximate surface area is 193 Å². The van der Waals surface area contributed by atoms with Crippen LogP contribution >= 0.6 is 0 Å². The molecule has 2 heterocycles. The second kappa shape index (κ2) is 8.84. The molecular formula is C26H29N5O2. The van der Waals surface area contributed by atoms with Crippen LogP contribution in [0.4, 0.5) is 11.8 Å². The molecule has 2 aromatic heterocycles. The molecule has 5 N–H and O–H groups in total. The molecule has 2 aromatic carbocycles. The molecule has 7 nitrogen and oxygen atoms in total. The van der Waals surface area contributed by atoms with Crippen molar-refractivity contribution < 1.29 is 9.52 Å². The molecule has 0 bridgehead atoms. The van der Waals surface area contributed by atoms with E-state index in [1.165, 1.54) is 12.0 Å². The fourth-order valence-electron chi connectivity index (χ4n) is 4.43. The van der Waals surface area contributed by atoms with Crippen molar-refractivity contribution in [1.82, 2.24) is 9.97 Å². The molecule has 170 valence electrons. The van der Waals surface area contributed by atoms with Crippen LogP contribution in [-0.2, 0) is 5.54 Å². The van der Waals surface area contributed by atoms with Crippen LogP contribution < -0.4 is 16.4 Å². The Morgan fingerprint density at radius 1 is 1.00 bits per heavy atom. The number of aliphatic hydroxyl groups is 1. The minimum absolute atomic E-state index is 0.00834. The van der Waals surface area contributed by atoms with E-state index in [0.29, 0.717) is 30.6 Å². The monoisotopic (exact) mass is 443 g/mol. The van der Waals surface area contributed by atoms with Crippen LogP contribution in [0.25, 0.3) is 33.6 Å². The third-order valence-corrected chi connectivity index (χ3v) is 6.32. The van der Waals surface area contributed by atoms with Crippen LogP contribution in [0.2, 0.25) is 0 Å². The van der Waals surface area contributed by atoms with Crippen LogP contribution in [0, 0.1) is 0 Å². The van der Waals surface area contributed by atoms with E-state index in [-0.39, 0.29) is 12.1 Å². The molecule has 0 unspecified atom stereocenters. The van der Waals surface area contributed by atoms with Gasteiger partial charge < -0.3 is 25.9 Å². The Kier molecular flexibility index (Phi) is 5.74. The van der Waals surface area contributed by atoms with E-state index < -0.39 is 0 Å². The number of aliphatic hydroxyl groups excluding tert-OH is 1. The zero-order chi connectivity index (χ0) is 22.8. The first kappa shape index (κ1) is 21.4. The number of nitrogens with zero attached hydrogens (tertiary/aromatic N) is 2. The van der Waals surface area contributed by atoms with Crippen LogP contribution in [0.15, 0.2) is 59.0 Å². The number of aromatic nitrogens is 2. The summed E-state index contributed by atoms with van der Waals surface area (Å²) in [6, 6.07) is 18.6. The maximum absolute atomic E-state index is 9.19. The first-order valence-electron chi connectivity index (χ1n) is 11.5. The van der Waals surface area contributed by atoms with Gasteiger partial charge >= 0.3 is 0 Å². The number of nitrogens with two attached hydrogens (primary N) is 1. The summed E-state index contributed by atoms with van der Waals surface area (Å²) in [5.74, 6) is 1.86. The van der Waals surface area contributed by atoms with E-state index in [0.717, 1.165) is 40.7 Å². The van der Waals surface area contributed by atoms with Gasteiger partial charge in [0.05, 0.1) is 12.0 Å². The van der Waals surface area contributed by atoms with Crippen molar-refractivity contribution in [1.29, 1.82) is 0 Å². The molecule has 0 aliphatic heterocycles. The summed E-state index contributed by atoms with van der Waals surface area (Å²) in [7, 11) is 0. The van der Waals surface area contributed by atoms with Crippen LogP contribution in [0.1, 0.15) is 31.7 Å². The Morgan fingerprint density at radius 2 is 1.76 bits per heavy atom. The molecule has 0 spiro atoms. The largest absolute Gasteiger partial charge is 0.437 e. The van der Waals surface area contributed by atoms with Gasteiger partial charge in [-0.1, -0.05) is 54.6 Å². The van der Waals surface area contributed by atoms with Gasteiger partial charge in [-0.2, -0.15) is 9.97 Å². The van der Waals surface area contributed by atoms with Crippen molar-refractivity contribution in [3.63, 3.8) is 0 Å². The Morgan fingerprint density at radius 3 is 2.39 bits per heavy atom. The lowest BCUT2D eigenvalue weighted by molar-refractivity contribution is 0.253. The molecule has 4 aromatic rings. The maximum atomic E-state index is 9.19. The number of nitrogens with one attached hydrogen (secondary N) is 2. The summed E-state index contributed by atoms with van der Waals surface area (Å²) >= 11 is 0. The minimum atomic E-state index is -0.203. The minimum Gasteiger partial charge on any atom is -0.437 e. The molecule has 0 saturated heterocycles. The molecule has 1 aliphatic rings. The van der Waals surface area contributed by atoms with E-state index >= 15 is 0 Å². The molecule has 0 radical (unpaired) electrons. The molecule has 33 heavy (non-hydrogen) atoms. The van der Waals surface area contributed by atoms with Crippen molar-refractivity contribution in [2.24, 2.45) is 5.73 Å². The predicted molar refractivity (Wildman–Crippen MR) is 132 cm³/mol. The molecule has 7 heteroatoms. The highest BCUT2D eigenvalue weighted by atomic mass is 16.3. The highest BCUT2D eigenvalue weighted by molar-refractivity contribution is 6.06. The van der Waals surface area contributed by atoms with E-state index in [9.17, 15) is 5.11 Å². The summed E-state index contributed by atoms with van der Waals surface area (Å²) in [6.45, 7) is 3.08. The molecule has 1 saturated carbocycles. The van der Waals surface area contributed by atoms with Gasteiger partial charge in [0.25, 0.3) is 0 Å². The quantitative estimate of drug-likeness (QED) is 0.312. The maximum Gasteiger partial charge on any atom is 0.234 e. The third kappa shape index (κ3) is 3.94. The van der Waals surface area contributed by atoms with E-state index in [2.05, 4.69) is 57.0 Å². The Bertz CT molecular complexity index is 1250. The normalized spacial score (nSPS) is 14.8.